The van der Waals surface area contributed by atoms with Gasteiger partial charge in [0.1, 0.15) is 11.5 Å². The highest BCUT2D eigenvalue weighted by atomic mass is 35.5. The Hall–Kier alpha value is -2.79. The van der Waals surface area contributed by atoms with E-state index in [2.05, 4.69) is 0 Å². The molecule has 0 aliphatic carbocycles. The summed E-state index contributed by atoms with van der Waals surface area (Å²) in [4.78, 5) is 23.2. The molecular formula is C17H14ClF3N2O5S. The first-order valence-corrected chi connectivity index (χ1v) is 9.86. The third-order valence-electron chi connectivity index (χ3n) is 3.37. The van der Waals surface area contributed by atoms with Gasteiger partial charge in [0, 0.05) is 5.02 Å². The van der Waals surface area contributed by atoms with Crippen molar-refractivity contribution in [2.75, 3.05) is 12.4 Å². The maximum absolute atomic E-state index is 12.6. The summed E-state index contributed by atoms with van der Waals surface area (Å²) in [5.41, 5.74) is 2.85. The number of hydrogen-bond acceptors (Lipinski definition) is 5. The summed E-state index contributed by atoms with van der Waals surface area (Å²) < 4.78 is 66.9. The average Bonchev–Trinajstić information content (AvgIpc) is 2.64. The number of carbonyl (C=O) groups is 2. The number of nitrogens with one attached hydrogen (secondary N) is 2. The first kappa shape index (κ1) is 22.5. The Kier molecular flexibility index (Phi) is 7.09. The van der Waals surface area contributed by atoms with Gasteiger partial charge in [-0.25, -0.2) is 8.42 Å². The number of sulfone groups is 1. The molecule has 2 N–H and O–H groups in total. The molecule has 12 heteroatoms. The van der Waals surface area contributed by atoms with Crippen molar-refractivity contribution < 1.29 is 35.9 Å². The Labute approximate surface area is 168 Å². The molecule has 29 heavy (non-hydrogen) atoms. The SMILES string of the molecule is O=C(COc1cccc(C(F)(F)F)c1)NNC(=O)CS(=O)(=O)c1ccc(Cl)cc1. The first-order valence-electron chi connectivity index (χ1n) is 7.83. The molecule has 0 radical (unpaired) electrons. The van der Waals surface area contributed by atoms with Gasteiger partial charge in [0.15, 0.2) is 16.4 Å². The summed E-state index contributed by atoms with van der Waals surface area (Å²) in [6, 6.07) is 9.04. The molecule has 2 amide bonds. The van der Waals surface area contributed by atoms with Gasteiger partial charge in [-0.2, -0.15) is 13.2 Å². The van der Waals surface area contributed by atoms with Crippen LogP contribution in [-0.4, -0.2) is 32.6 Å². The van der Waals surface area contributed by atoms with Crippen molar-refractivity contribution in [2.45, 2.75) is 11.1 Å². The average molecular weight is 451 g/mol. The van der Waals surface area contributed by atoms with Crippen LogP contribution in [0, 0.1) is 0 Å². The lowest BCUT2D eigenvalue weighted by Crippen LogP contribution is -2.46. The Morgan fingerprint density at radius 1 is 1.00 bits per heavy atom. The van der Waals surface area contributed by atoms with Crippen LogP contribution < -0.4 is 15.6 Å². The molecule has 0 aliphatic rings. The van der Waals surface area contributed by atoms with Crippen LogP contribution in [0.4, 0.5) is 13.2 Å². The fourth-order valence-electron chi connectivity index (χ4n) is 2.02. The van der Waals surface area contributed by atoms with Gasteiger partial charge in [-0.05, 0) is 42.5 Å². The summed E-state index contributed by atoms with van der Waals surface area (Å²) in [6.45, 7) is -0.703. The zero-order chi connectivity index (χ0) is 21.7. The van der Waals surface area contributed by atoms with Crippen molar-refractivity contribution in [1.29, 1.82) is 0 Å². The van der Waals surface area contributed by atoms with Crippen LogP contribution in [0.25, 0.3) is 0 Å². The number of alkyl halides is 3. The van der Waals surface area contributed by atoms with Crippen molar-refractivity contribution in [2.24, 2.45) is 0 Å². The zero-order valence-corrected chi connectivity index (χ0v) is 16.1. The highest BCUT2D eigenvalue weighted by Gasteiger charge is 2.30. The molecule has 0 bridgehead atoms. The van der Waals surface area contributed by atoms with Gasteiger partial charge in [0.05, 0.1) is 10.5 Å². The number of rotatable bonds is 6. The van der Waals surface area contributed by atoms with Crippen LogP contribution in [0.2, 0.25) is 5.02 Å². The van der Waals surface area contributed by atoms with Gasteiger partial charge >= 0.3 is 6.18 Å². The van der Waals surface area contributed by atoms with E-state index in [1.54, 1.807) is 0 Å². The quantitative estimate of drug-likeness (QED) is 0.658. The number of hydrazine groups is 1. The van der Waals surface area contributed by atoms with Crippen LogP contribution in [0.3, 0.4) is 0 Å². The minimum absolute atomic E-state index is 0.128. The van der Waals surface area contributed by atoms with Crippen LogP contribution in [0.5, 0.6) is 5.75 Å². The maximum atomic E-state index is 12.6. The minimum atomic E-state index is -4.56. The molecule has 0 saturated heterocycles. The molecule has 0 unspecified atom stereocenters. The third kappa shape index (κ3) is 6.95. The highest BCUT2D eigenvalue weighted by Crippen LogP contribution is 2.31. The predicted molar refractivity (Wildman–Crippen MR) is 96.7 cm³/mol. The van der Waals surface area contributed by atoms with Crippen molar-refractivity contribution >= 4 is 33.3 Å². The largest absolute Gasteiger partial charge is 0.484 e. The lowest BCUT2D eigenvalue weighted by molar-refractivity contribution is -0.137. The number of halogens is 4. The Balaban J connectivity index is 1.83. The molecular weight excluding hydrogens is 437 g/mol. The fraction of sp³-hybridized carbons (Fsp3) is 0.176. The second-order valence-electron chi connectivity index (χ2n) is 5.62. The van der Waals surface area contributed by atoms with E-state index in [0.717, 1.165) is 12.1 Å². The molecule has 2 rings (SSSR count). The van der Waals surface area contributed by atoms with Crippen molar-refractivity contribution in [3.63, 3.8) is 0 Å². The van der Waals surface area contributed by atoms with E-state index in [9.17, 15) is 31.2 Å². The van der Waals surface area contributed by atoms with E-state index in [4.69, 9.17) is 16.3 Å². The summed E-state index contributed by atoms with van der Waals surface area (Å²) in [5.74, 6) is -3.07. The van der Waals surface area contributed by atoms with E-state index in [1.807, 2.05) is 10.9 Å². The van der Waals surface area contributed by atoms with Gasteiger partial charge in [-0.1, -0.05) is 17.7 Å². The zero-order valence-electron chi connectivity index (χ0n) is 14.5. The summed E-state index contributed by atoms with van der Waals surface area (Å²) >= 11 is 5.67. The fourth-order valence-corrected chi connectivity index (χ4v) is 3.28. The van der Waals surface area contributed by atoms with Crippen LogP contribution in [0.15, 0.2) is 53.4 Å². The van der Waals surface area contributed by atoms with Crippen molar-refractivity contribution in [3.8, 4) is 5.75 Å². The van der Waals surface area contributed by atoms with Crippen molar-refractivity contribution in [3.05, 3.63) is 59.1 Å². The number of benzene rings is 2. The van der Waals surface area contributed by atoms with E-state index in [-0.39, 0.29) is 10.6 Å². The molecule has 0 saturated carbocycles. The molecule has 2 aromatic rings. The van der Waals surface area contributed by atoms with Gasteiger partial charge in [0.25, 0.3) is 11.8 Å². The molecule has 0 spiro atoms. The highest BCUT2D eigenvalue weighted by molar-refractivity contribution is 7.92. The topological polar surface area (TPSA) is 102 Å². The summed E-state index contributed by atoms with van der Waals surface area (Å²) in [7, 11) is -3.96. The van der Waals surface area contributed by atoms with Crippen LogP contribution in [-0.2, 0) is 25.6 Å². The number of carbonyl (C=O) groups excluding carboxylic acids is 2. The van der Waals surface area contributed by atoms with Crippen LogP contribution >= 0.6 is 11.6 Å². The monoisotopic (exact) mass is 450 g/mol. The van der Waals surface area contributed by atoms with E-state index in [0.29, 0.717) is 11.1 Å². The first-order chi connectivity index (χ1) is 13.5. The van der Waals surface area contributed by atoms with E-state index < -0.39 is 45.8 Å². The number of ether oxygens (including phenoxy) is 1. The summed E-state index contributed by atoms with van der Waals surface area (Å²) in [5, 5.41) is 0.321. The molecule has 0 aliphatic heterocycles. The van der Waals surface area contributed by atoms with E-state index >= 15 is 0 Å². The van der Waals surface area contributed by atoms with Gasteiger partial charge in [-0.15, -0.1) is 0 Å². The number of amides is 2. The van der Waals surface area contributed by atoms with Crippen LogP contribution in [0.1, 0.15) is 5.56 Å². The normalized spacial score (nSPS) is 11.6. The second kappa shape index (κ2) is 9.14. The van der Waals surface area contributed by atoms with Gasteiger partial charge in [-0.3, -0.25) is 20.4 Å². The van der Waals surface area contributed by atoms with Crippen molar-refractivity contribution in [1.82, 2.24) is 10.9 Å². The molecule has 156 valence electrons. The van der Waals surface area contributed by atoms with Gasteiger partial charge < -0.3 is 4.74 Å². The molecule has 0 heterocycles. The Morgan fingerprint density at radius 2 is 1.62 bits per heavy atom. The maximum Gasteiger partial charge on any atom is 0.416 e. The molecule has 2 aromatic carbocycles. The Morgan fingerprint density at radius 3 is 2.24 bits per heavy atom. The third-order valence-corrected chi connectivity index (χ3v) is 5.25. The predicted octanol–water partition coefficient (Wildman–Crippen LogP) is 2.36. The van der Waals surface area contributed by atoms with Gasteiger partial charge in [0.2, 0.25) is 0 Å². The molecule has 0 aromatic heterocycles. The summed E-state index contributed by atoms with van der Waals surface area (Å²) in [6.07, 6.45) is -4.56. The lowest BCUT2D eigenvalue weighted by Gasteiger charge is -2.11. The minimum Gasteiger partial charge on any atom is -0.484 e. The number of hydrogen-bond donors (Lipinski definition) is 2. The second-order valence-corrected chi connectivity index (χ2v) is 8.05. The smallest absolute Gasteiger partial charge is 0.416 e. The van der Waals surface area contributed by atoms with E-state index in [1.165, 1.54) is 30.3 Å². The standard InChI is InChI=1S/C17H14ClF3N2O5S/c18-12-4-6-14(7-5-12)29(26,27)10-16(25)23-22-15(24)9-28-13-3-1-2-11(8-13)17(19,20)21/h1-8H,9-10H2,(H,22,24)(H,23,25). The molecule has 7 nitrogen and oxygen atoms in total. The Bertz CT molecular complexity index is 995. The molecule has 0 fully saturated rings. The molecule has 0 atom stereocenters. The lowest BCUT2D eigenvalue weighted by atomic mass is 10.2.